The lowest BCUT2D eigenvalue weighted by Gasteiger charge is -2.27. The summed E-state index contributed by atoms with van der Waals surface area (Å²) >= 11 is 0. The summed E-state index contributed by atoms with van der Waals surface area (Å²) in [5, 5.41) is 0. The van der Waals surface area contributed by atoms with Gasteiger partial charge in [-0.15, -0.1) is 0 Å². The third-order valence-electron chi connectivity index (χ3n) is 3.65. The van der Waals surface area contributed by atoms with Gasteiger partial charge in [0.15, 0.2) is 5.78 Å². The molecule has 0 aliphatic rings. The Balaban J connectivity index is 2.92. The molecule has 0 spiro atoms. The van der Waals surface area contributed by atoms with E-state index in [-0.39, 0.29) is 11.6 Å². The molecule has 1 aromatic carbocycles. The quantitative estimate of drug-likeness (QED) is 0.634. The van der Waals surface area contributed by atoms with Crippen LogP contribution < -0.4 is 4.90 Å². The molecular weight excluding hydrogens is 265 g/mol. The van der Waals surface area contributed by atoms with E-state index in [2.05, 4.69) is 32.6 Å². The van der Waals surface area contributed by atoms with Gasteiger partial charge in [0, 0.05) is 18.7 Å². The van der Waals surface area contributed by atoms with Crippen molar-refractivity contribution in [3.63, 3.8) is 0 Å². The fraction of sp³-hybridized carbons (Fsp3) is 0.611. The lowest BCUT2D eigenvalue weighted by atomic mass is 10.1. The van der Waals surface area contributed by atoms with E-state index in [0.717, 1.165) is 25.9 Å². The van der Waals surface area contributed by atoms with Crippen LogP contribution in [-0.4, -0.2) is 18.9 Å². The largest absolute Gasteiger partial charge is 0.369 e. The Morgan fingerprint density at radius 1 is 1.10 bits per heavy atom. The van der Waals surface area contributed by atoms with Gasteiger partial charge in [-0.25, -0.2) is 4.39 Å². The minimum Gasteiger partial charge on any atom is -0.369 e. The average molecular weight is 293 g/mol. The molecule has 0 saturated carbocycles. The van der Waals surface area contributed by atoms with E-state index in [0.29, 0.717) is 23.1 Å². The van der Waals surface area contributed by atoms with Gasteiger partial charge in [0.2, 0.25) is 0 Å². The van der Waals surface area contributed by atoms with Gasteiger partial charge in [-0.1, -0.05) is 27.7 Å². The van der Waals surface area contributed by atoms with Gasteiger partial charge < -0.3 is 4.90 Å². The van der Waals surface area contributed by atoms with E-state index in [9.17, 15) is 9.18 Å². The Morgan fingerprint density at radius 2 is 1.62 bits per heavy atom. The molecule has 0 aromatic heterocycles. The van der Waals surface area contributed by atoms with Crippen molar-refractivity contribution in [2.24, 2.45) is 11.8 Å². The number of nitrogens with zero attached hydrogens (tertiary/aromatic N) is 1. The Bertz CT molecular complexity index is 456. The van der Waals surface area contributed by atoms with Crippen LogP contribution in [0.2, 0.25) is 0 Å². The minimum atomic E-state index is -0.296. The molecular formula is C18H28FNO. The summed E-state index contributed by atoms with van der Waals surface area (Å²) in [6.45, 7) is 11.9. The maximum absolute atomic E-state index is 14.3. The van der Waals surface area contributed by atoms with Gasteiger partial charge in [-0.05, 0) is 49.8 Å². The SMILES string of the molecule is CC(=O)c1ccc(N(CCC(C)C)CCC(C)C)c(F)c1. The zero-order valence-electron chi connectivity index (χ0n) is 13.9. The second-order valence-electron chi connectivity index (χ2n) is 6.57. The molecule has 0 fully saturated rings. The standard InChI is InChI=1S/C18H28FNO/c1-13(2)8-10-20(11-9-14(3)4)18-7-6-16(15(5)21)12-17(18)19/h6-7,12-14H,8-11H2,1-5H3. The summed E-state index contributed by atoms with van der Waals surface area (Å²) in [4.78, 5) is 13.4. The molecule has 0 atom stereocenters. The Kier molecular flexibility index (Phi) is 6.86. The normalized spacial score (nSPS) is 11.2. The molecule has 1 aromatic rings. The van der Waals surface area contributed by atoms with Crippen molar-refractivity contribution in [1.29, 1.82) is 0 Å². The summed E-state index contributed by atoms with van der Waals surface area (Å²) in [6, 6.07) is 4.82. The van der Waals surface area contributed by atoms with Crippen LogP contribution in [0.5, 0.6) is 0 Å². The van der Waals surface area contributed by atoms with Crippen molar-refractivity contribution in [3.8, 4) is 0 Å². The Morgan fingerprint density at radius 3 is 2.00 bits per heavy atom. The third-order valence-corrected chi connectivity index (χ3v) is 3.65. The molecule has 0 heterocycles. The number of carbonyl (C=O) groups excluding carboxylic acids is 1. The van der Waals surface area contributed by atoms with E-state index in [1.54, 1.807) is 12.1 Å². The fourth-order valence-electron chi connectivity index (χ4n) is 2.16. The number of hydrogen-bond acceptors (Lipinski definition) is 2. The van der Waals surface area contributed by atoms with E-state index >= 15 is 0 Å². The molecule has 3 heteroatoms. The summed E-state index contributed by atoms with van der Waals surface area (Å²) in [7, 11) is 0. The molecule has 0 radical (unpaired) electrons. The minimum absolute atomic E-state index is 0.101. The van der Waals surface area contributed by atoms with E-state index in [1.807, 2.05) is 0 Å². The average Bonchev–Trinajstić information content (AvgIpc) is 2.38. The number of carbonyl (C=O) groups is 1. The summed E-state index contributed by atoms with van der Waals surface area (Å²) in [5.74, 6) is 0.781. The van der Waals surface area contributed by atoms with E-state index in [4.69, 9.17) is 0 Å². The van der Waals surface area contributed by atoms with Crippen molar-refractivity contribution in [3.05, 3.63) is 29.6 Å². The van der Waals surface area contributed by atoms with E-state index < -0.39 is 0 Å². The molecule has 0 N–H and O–H groups in total. The second-order valence-corrected chi connectivity index (χ2v) is 6.57. The summed E-state index contributed by atoms with van der Waals surface area (Å²) < 4.78 is 14.3. The van der Waals surface area contributed by atoms with Crippen molar-refractivity contribution in [1.82, 2.24) is 0 Å². The first-order valence-corrected chi connectivity index (χ1v) is 7.86. The fourth-order valence-corrected chi connectivity index (χ4v) is 2.16. The van der Waals surface area contributed by atoms with Crippen LogP contribution in [0.3, 0.4) is 0 Å². The Hall–Kier alpha value is -1.38. The van der Waals surface area contributed by atoms with Gasteiger partial charge in [-0.2, -0.15) is 0 Å². The number of benzene rings is 1. The van der Waals surface area contributed by atoms with E-state index in [1.165, 1.54) is 13.0 Å². The van der Waals surface area contributed by atoms with Crippen LogP contribution in [0.15, 0.2) is 18.2 Å². The molecule has 0 aliphatic heterocycles. The predicted octanol–water partition coefficient (Wildman–Crippen LogP) is 4.93. The van der Waals surface area contributed by atoms with Crippen LogP contribution in [0.25, 0.3) is 0 Å². The highest BCUT2D eigenvalue weighted by Gasteiger charge is 2.14. The highest BCUT2D eigenvalue weighted by molar-refractivity contribution is 5.94. The van der Waals surface area contributed by atoms with Gasteiger partial charge >= 0.3 is 0 Å². The lowest BCUT2D eigenvalue weighted by molar-refractivity contribution is 0.101. The lowest BCUT2D eigenvalue weighted by Crippen LogP contribution is -2.28. The van der Waals surface area contributed by atoms with Crippen LogP contribution in [0, 0.1) is 17.7 Å². The Labute approximate surface area is 128 Å². The number of halogens is 1. The third kappa shape index (κ3) is 5.86. The zero-order valence-corrected chi connectivity index (χ0v) is 13.9. The van der Waals surface area contributed by atoms with Gasteiger partial charge in [0.05, 0.1) is 5.69 Å². The van der Waals surface area contributed by atoms with Crippen LogP contribution in [0.4, 0.5) is 10.1 Å². The maximum Gasteiger partial charge on any atom is 0.159 e. The topological polar surface area (TPSA) is 20.3 Å². The number of rotatable bonds is 8. The number of hydrogen-bond donors (Lipinski definition) is 0. The molecule has 2 nitrogen and oxygen atoms in total. The smallest absolute Gasteiger partial charge is 0.159 e. The van der Waals surface area contributed by atoms with Crippen molar-refractivity contribution < 1.29 is 9.18 Å². The van der Waals surface area contributed by atoms with Crippen LogP contribution >= 0.6 is 0 Å². The molecule has 118 valence electrons. The van der Waals surface area contributed by atoms with Crippen LogP contribution in [-0.2, 0) is 0 Å². The van der Waals surface area contributed by atoms with Crippen molar-refractivity contribution >= 4 is 11.5 Å². The van der Waals surface area contributed by atoms with Crippen LogP contribution in [0.1, 0.15) is 57.8 Å². The highest BCUT2D eigenvalue weighted by Crippen LogP contribution is 2.23. The summed E-state index contributed by atoms with van der Waals surface area (Å²) in [6.07, 6.45) is 2.07. The molecule has 0 bridgehead atoms. The molecule has 21 heavy (non-hydrogen) atoms. The molecule has 0 saturated heterocycles. The first-order valence-electron chi connectivity index (χ1n) is 7.86. The molecule has 0 amide bonds. The van der Waals surface area contributed by atoms with Crippen molar-refractivity contribution in [2.45, 2.75) is 47.5 Å². The maximum atomic E-state index is 14.3. The van der Waals surface area contributed by atoms with Gasteiger partial charge in [0.1, 0.15) is 5.82 Å². The zero-order chi connectivity index (χ0) is 16.0. The first-order chi connectivity index (χ1) is 9.81. The molecule has 0 unspecified atom stereocenters. The summed E-state index contributed by atoms with van der Waals surface area (Å²) in [5.41, 5.74) is 1.05. The second kappa shape index (κ2) is 8.16. The number of Topliss-reactive ketones (excluding diaryl/α,β-unsaturated/α-hetero) is 1. The van der Waals surface area contributed by atoms with Gasteiger partial charge in [0.25, 0.3) is 0 Å². The first kappa shape index (κ1) is 17.7. The molecule has 1 rings (SSSR count). The van der Waals surface area contributed by atoms with Gasteiger partial charge in [-0.3, -0.25) is 4.79 Å². The highest BCUT2D eigenvalue weighted by atomic mass is 19.1. The monoisotopic (exact) mass is 293 g/mol. The molecule has 0 aliphatic carbocycles. The predicted molar refractivity (Wildman–Crippen MR) is 87.5 cm³/mol. The van der Waals surface area contributed by atoms with Crippen molar-refractivity contribution in [2.75, 3.05) is 18.0 Å². The number of ketones is 1. The number of anilines is 1.